The minimum atomic E-state index is -0.950. The van der Waals surface area contributed by atoms with E-state index in [1.54, 1.807) is 49.6 Å². The molecule has 1 aliphatic rings. The van der Waals surface area contributed by atoms with Crippen LogP contribution in [0.5, 0.6) is 0 Å². The molecule has 2 heterocycles. The molecule has 2 aromatic carbocycles. The van der Waals surface area contributed by atoms with Crippen LogP contribution in [0.3, 0.4) is 0 Å². The summed E-state index contributed by atoms with van der Waals surface area (Å²) in [5, 5.41) is 11.5. The number of carbonyl (C=O) groups is 2. The molecule has 0 spiro atoms. The van der Waals surface area contributed by atoms with Crippen molar-refractivity contribution in [2.45, 2.75) is 19.5 Å². The summed E-state index contributed by atoms with van der Waals surface area (Å²) < 4.78 is 14.1. The molecule has 162 valence electrons. The molecular formula is C24H17Cl2FN2O3. The molecule has 1 unspecified atom stereocenters. The zero-order chi connectivity index (χ0) is 23.0. The number of likely N-dealkylation sites (tertiary alicyclic amines) is 1. The number of hydrogen-bond donors (Lipinski definition) is 1. The maximum Gasteiger partial charge on any atom is 0.295 e. The van der Waals surface area contributed by atoms with Crippen molar-refractivity contribution in [3.63, 3.8) is 0 Å². The number of Topliss-reactive ketones (excluding diaryl/α,β-unsaturated/α-hetero) is 1. The zero-order valence-electron chi connectivity index (χ0n) is 16.8. The number of ketones is 1. The third kappa shape index (κ3) is 3.99. The summed E-state index contributed by atoms with van der Waals surface area (Å²) in [6.45, 7) is 1.66. The first-order valence-electron chi connectivity index (χ1n) is 9.66. The molecule has 32 heavy (non-hydrogen) atoms. The molecule has 1 fully saturated rings. The number of halogens is 3. The molecular weight excluding hydrogens is 454 g/mol. The number of hydrogen-bond acceptors (Lipinski definition) is 4. The first-order valence-corrected chi connectivity index (χ1v) is 10.4. The first kappa shape index (κ1) is 22.0. The van der Waals surface area contributed by atoms with Gasteiger partial charge in [0.1, 0.15) is 11.6 Å². The van der Waals surface area contributed by atoms with E-state index in [1.807, 2.05) is 0 Å². The average Bonchev–Trinajstić information content (AvgIpc) is 3.02. The highest BCUT2D eigenvalue weighted by Gasteiger charge is 2.46. The summed E-state index contributed by atoms with van der Waals surface area (Å²) in [4.78, 5) is 31.4. The highest BCUT2D eigenvalue weighted by molar-refractivity contribution is 6.46. The van der Waals surface area contributed by atoms with Gasteiger partial charge < -0.3 is 10.0 Å². The van der Waals surface area contributed by atoms with Gasteiger partial charge in [0.2, 0.25) is 0 Å². The number of benzene rings is 2. The Hall–Kier alpha value is -3.22. The van der Waals surface area contributed by atoms with Crippen molar-refractivity contribution in [1.82, 2.24) is 9.88 Å². The van der Waals surface area contributed by atoms with Gasteiger partial charge in [0.15, 0.2) is 0 Å². The topological polar surface area (TPSA) is 70.5 Å². The van der Waals surface area contributed by atoms with E-state index in [-0.39, 0.29) is 22.7 Å². The second-order valence-corrected chi connectivity index (χ2v) is 8.24. The molecule has 4 rings (SSSR count). The number of nitrogens with zero attached hydrogens (tertiary/aromatic N) is 2. The van der Waals surface area contributed by atoms with Crippen LogP contribution in [0.2, 0.25) is 10.0 Å². The fraction of sp³-hybridized carbons (Fsp3) is 0.125. The summed E-state index contributed by atoms with van der Waals surface area (Å²) >= 11 is 12.2. The Morgan fingerprint density at radius 2 is 1.91 bits per heavy atom. The molecule has 1 N–H and O–H groups in total. The van der Waals surface area contributed by atoms with Crippen LogP contribution in [0.1, 0.15) is 28.3 Å². The lowest BCUT2D eigenvalue weighted by atomic mass is 9.95. The second kappa shape index (κ2) is 8.73. The van der Waals surface area contributed by atoms with Crippen LogP contribution in [0, 0.1) is 12.7 Å². The molecule has 1 amide bonds. The van der Waals surface area contributed by atoms with Crippen LogP contribution in [0.4, 0.5) is 4.39 Å². The van der Waals surface area contributed by atoms with Gasteiger partial charge in [-0.3, -0.25) is 14.6 Å². The summed E-state index contributed by atoms with van der Waals surface area (Å²) in [5.41, 5.74) is 1.51. The SMILES string of the molecule is Cc1ccc(C(O)=C2C(=O)C(=O)N(Cc3cccnc3)C2c2ccc(Cl)c(Cl)c2)cc1F. The molecule has 1 saturated heterocycles. The summed E-state index contributed by atoms with van der Waals surface area (Å²) in [6, 6.07) is 11.4. The van der Waals surface area contributed by atoms with Gasteiger partial charge in [0.25, 0.3) is 11.7 Å². The van der Waals surface area contributed by atoms with Crippen molar-refractivity contribution in [3.8, 4) is 0 Å². The van der Waals surface area contributed by atoms with E-state index in [0.717, 1.165) is 6.07 Å². The molecule has 3 aromatic rings. The number of rotatable bonds is 4. The minimum Gasteiger partial charge on any atom is -0.507 e. The summed E-state index contributed by atoms with van der Waals surface area (Å²) in [6.07, 6.45) is 3.18. The van der Waals surface area contributed by atoms with Crippen LogP contribution in [0.25, 0.3) is 5.76 Å². The predicted molar refractivity (Wildman–Crippen MR) is 120 cm³/mol. The van der Waals surface area contributed by atoms with E-state index < -0.39 is 29.3 Å². The lowest BCUT2D eigenvalue weighted by molar-refractivity contribution is -0.140. The van der Waals surface area contributed by atoms with Crippen LogP contribution >= 0.6 is 23.2 Å². The minimum absolute atomic E-state index is 0.0718. The maximum atomic E-state index is 14.1. The van der Waals surface area contributed by atoms with E-state index in [2.05, 4.69) is 4.98 Å². The van der Waals surface area contributed by atoms with Gasteiger partial charge in [0, 0.05) is 24.5 Å². The number of pyridine rings is 1. The zero-order valence-corrected chi connectivity index (χ0v) is 18.4. The fourth-order valence-corrected chi connectivity index (χ4v) is 3.96. The molecule has 1 aliphatic heterocycles. The standard InChI is InChI=1S/C24H17Cl2FN2O3/c1-13-4-5-16(10-19(13)27)22(30)20-21(15-6-7-17(25)18(26)9-15)29(24(32)23(20)31)12-14-3-2-8-28-11-14/h2-11,21,30H,12H2,1H3. The van der Waals surface area contributed by atoms with Gasteiger partial charge in [-0.15, -0.1) is 0 Å². The monoisotopic (exact) mass is 470 g/mol. The Balaban J connectivity index is 1.90. The fourth-order valence-electron chi connectivity index (χ4n) is 3.66. The van der Waals surface area contributed by atoms with Crippen molar-refractivity contribution >= 4 is 40.7 Å². The Morgan fingerprint density at radius 3 is 2.56 bits per heavy atom. The van der Waals surface area contributed by atoms with Gasteiger partial charge in [-0.2, -0.15) is 0 Å². The van der Waals surface area contributed by atoms with Gasteiger partial charge in [-0.1, -0.05) is 47.5 Å². The predicted octanol–water partition coefficient (Wildman–Crippen LogP) is 5.46. The molecule has 0 aliphatic carbocycles. The smallest absolute Gasteiger partial charge is 0.295 e. The normalized spacial score (nSPS) is 17.8. The average molecular weight is 471 g/mol. The number of aromatic nitrogens is 1. The second-order valence-electron chi connectivity index (χ2n) is 7.43. The number of aliphatic hydroxyl groups excluding tert-OH is 1. The van der Waals surface area contributed by atoms with Gasteiger partial charge >= 0.3 is 0 Å². The largest absolute Gasteiger partial charge is 0.507 e. The third-order valence-corrected chi connectivity index (χ3v) is 6.06. The number of amides is 1. The number of aryl methyl sites for hydroxylation is 1. The van der Waals surface area contributed by atoms with E-state index in [1.165, 1.54) is 17.0 Å². The highest BCUT2D eigenvalue weighted by atomic mass is 35.5. The number of carbonyl (C=O) groups excluding carboxylic acids is 2. The molecule has 8 heteroatoms. The van der Waals surface area contributed by atoms with Crippen LogP contribution < -0.4 is 0 Å². The summed E-state index contributed by atoms with van der Waals surface area (Å²) in [7, 11) is 0. The van der Waals surface area contributed by atoms with Crippen LogP contribution in [0.15, 0.2) is 66.5 Å². The van der Waals surface area contributed by atoms with Gasteiger partial charge in [-0.25, -0.2) is 4.39 Å². The Labute approximate surface area is 193 Å². The van der Waals surface area contributed by atoms with Crippen LogP contribution in [-0.2, 0) is 16.1 Å². The number of aliphatic hydroxyl groups is 1. The van der Waals surface area contributed by atoms with E-state index >= 15 is 0 Å². The van der Waals surface area contributed by atoms with Crippen molar-refractivity contribution in [1.29, 1.82) is 0 Å². The van der Waals surface area contributed by atoms with Crippen molar-refractivity contribution in [3.05, 3.63) is 105 Å². The molecule has 0 saturated carbocycles. The van der Waals surface area contributed by atoms with Gasteiger partial charge in [-0.05, 0) is 47.9 Å². The third-order valence-electron chi connectivity index (χ3n) is 5.32. The van der Waals surface area contributed by atoms with Crippen molar-refractivity contribution in [2.75, 3.05) is 0 Å². The highest BCUT2D eigenvalue weighted by Crippen LogP contribution is 2.41. The lowest BCUT2D eigenvalue weighted by Gasteiger charge is -2.25. The van der Waals surface area contributed by atoms with E-state index in [4.69, 9.17) is 23.2 Å². The molecule has 1 aromatic heterocycles. The first-order chi connectivity index (χ1) is 15.3. The van der Waals surface area contributed by atoms with Crippen LogP contribution in [-0.4, -0.2) is 26.7 Å². The molecule has 1 atom stereocenters. The van der Waals surface area contributed by atoms with Crippen molar-refractivity contribution in [2.24, 2.45) is 0 Å². The Kier molecular flexibility index (Phi) is 6.00. The molecule has 0 bridgehead atoms. The Bertz CT molecular complexity index is 1260. The van der Waals surface area contributed by atoms with Gasteiger partial charge in [0.05, 0.1) is 21.7 Å². The van der Waals surface area contributed by atoms with Crippen molar-refractivity contribution < 1.29 is 19.1 Å². The van der Waals surface area contributed by atoms with E-state index in [0.29, 0.717) is 21.7 Å². The summed E-state index contributed by atoms with van der Waals surface area (Å²) in [5.74, 6) is -2.67. The quantitative estimate of drug-likeness (QED) is 0.312. The lowest BCUT2D eigenvalue weighted by Crippen LogP contribution is -2.29. The maximum absolute atomic E-state index is 14.1. The molecule has 5 nitrogen and oxygen atoms in total. The Morgan fingerprint density at radius 1 is 1.12 bits per heavy atom. The van der Waals surface area contributed by atoms with E-state index in [9.17, 15) is 19.1 Å². The molecule has 0 radical (unpaired) electrons.